The lowest BCUT2D eigenvalue weighted by Crippen LogP contribution is -2.44. The monoisotopic (exact) mass is 333 g/mol. The van der Waals surface area contributed by atoms with Gasteiger partial charge in [-0.2, -0.15) is 0 Å². The molecule has 1 aliphatic carbocycles. The van der Waals surface area contributed by atoms with Crippen molar-refractivity contribution in [3.63, 3.8) is 0 Å². The van der Waals surface area contributed by atoms with E-state index < -0.39 is 0 Å². The predicted octanol–water partition coefficient (Wildman–Crippen LogP) is 4.60. The molecular formula is C22H23NO2. The second-order valence-electron chi connectivity index (χ2n) is 6.90. The molecule has 2 aromatic rings. The Kier molecular flexibility index (Phi) is 4.55. The zero-order valence-corrected chi connectivity index (χ0v) is 14.2. The van der Waals surface area contributed by atoms with Gasteiger partial charge in [0.2, 0.25) is 0 Å². The molecule has 1 fully saturated rings. The van der Waals surface area contributed by atoms with E-state index in [0.717, 1.165) is 24.1 Å². The minimum Gasteiger partial charge on any atom is -0.465 e. The Morgan fingerprint density at radius 2 is 1.72 bits per heavy atom. The van der Waals surface area contributed by atoms with E-state index in [2.05, 4.69) is 29.6 Å². The van der Waals surface area contributed by atoms with Crippen LogP contribution in [0.1, 0.15) is 24.4 Å². The SMILES string of the molecule is O=C1OC[C@H]2CCC=C[C@H]2[C@H]1C(Nc1ccccc1)c1ccccc1. The van der Waals surface area contributed by atoms with E-state index in [-0.39, 0.29) is 23.8 Å². The molecule has 1 heterocycles. The Morgan fingerprint density at radius 3 is 2.48 bits per heavy atom. The number of para-hydroxylation sites is 1. The smallest absolute Gasteiger partial charge is 0.312 e. The summed E-state index contributed by atoms with van der Waals surface area (Å²) in [5.74, 6) is 0.357. The molecule has 1 N–H and O–H groups in total. The van der Waals surface area contributed by atoms with Crippen molar-refractivity contribution in [2.45, 2.75) is 18.9 Å². The molecule has 1 aliphatic heterocycles. The number of ether oxygens (including phenoxy) is 1. The Morgan fingerprint density at radius 1 is 1.00 bits per heavy atom. The molecule has 2 aliphatic rings. The Hall–Kier alpha value is -2.55. The van der Waals surface area contributed by atoms with Gasteiger partial charge in [-0.05, 0) is 36.5 Å². The van der Waals surface area contributed by atoms with Crippen molar-refractivity contribution in [3.05, 3.63) is 78.4 Å². The maximum atomic E-state index is 12.8. The molecule has 2 aromatic carbocycles. The van der Waals surface area contributed by atoms with Crippen LogP contribution in [0.2, 0.25) is 0 Å². The van der Waals surface area contributed by atoms with Gasteiger partial charge in [-0.25, -0.2) is 0 Å². The first kappa shape index (κ1) is 15.9. The summed E-state index contributed by atoms with van der Waals surface area (Å²) in [5, 5.41) is 3.59. The van der Waals surface area contributed by atoms with Crippen LogP contribution in [0.25, 0.3) is 0 Å². The van der Waals surface area contributed by atoms with Crippen LogP contribution in [0.15, 0.2) is 72.8 Å². The van der Waals surface area contributed by atoms with E-state index in [0.29, 0.717) is 12.5 Å². The van der Waals surface area contributed by atoms with Gasteiger partial charge in [-0.1, -0.05) is 60.7 Å². The topological polar surface area (TPSA) is 38.3 Å². The van der Waals surface area contributed by atoms with Gasteiger partial charge in [0.15, 0.2) is 0 Å². The number of benzene rings is 2. The lowest BCUT2D eigenvalue weighted by Gasteiger charge is -2.41. The number of hydrogen-bond donors (Lipinski definition) is 1. The maximum absolute atomic E-state index is 12.8. The van der Waals surface area contributed by atoms with Crippen molar-refractivity contribution >= 4 is 11.7 Å². The second-order valence-corrected chi connectivity index (χ2v) is 6.90. The molecule has 0 spiro atoms. The zero-order chi connectivity index (χ0) is 17.1. The van der Waals surface area contributed by atoms with Crippen molar-refractivity contribution in [1.29, 1.82) is 0 Å². The van der Waals surface area contributed by atoms with Crippen molar-refractivity contribution < 1.29 is 9.53 Å². The highest BCUT2D eigenvalue weighted by Gasteiger charge is 2.44. The van der Waals surface area contributed by atoms with E-state index in [1.807, 2.05) is 48.5 Å². The van der Waals surface area contributed by atoms with Crippen LogP contribution >= 0.6 is 0 Å². The number of nitrogens with one attached hydrogen (secondary N) is 1. The van der Waals surface area contributed by atoms with E-state index in [9.17, 15) is 4.79 Å². The van der Waals surface area contributed by atoms with Crippen molar-refractivity contribution in [2.24, 2.45) is 17.8 Å². The van der Waals surface area contributed by atoms with Gasteiger partial charge in [0.1, 0.15) is 0 Å². The average molecular weight is 333 g/mol. The molecule has 3 nitrogen and oxygen atoms in total. The molecule has 25 heavy (non-hydrogen) atoms. The first-order valence-corrected chi connectivity index (χ1v) is 9.03. The quantitative estimate of drug-likeness (QED) is 0.657. The van der Waals surface area contributed by atoms with Crippen LogP contribution in [-0.4, -0.2) is 12.6 Å². The van der Waals surface area contributed by atoms with Crippen LogP contribution in [0, 0.1) is 17.8 Å². The predicted molar refractivity (Wildman–Crippen MR) is 99.1 cm³/mol. The number of cyclic esters (lactones) is 1. The van der Waals surface area contributed by atoms with Gasteiger partial charge in [0, 0.05) is 11.6 Å². The molecule has 0 amide bonds. The first-order chi connectivity index (χ1) is 12.3. The van der Waals surface area contributed by atoms with Crippen molar-refractivity contribution in [1.82, 2.24) is 0 Å². The summed E-state index contributed by atoms with van der Waals surface area (Å²) in [5.41, 5.74) is 2.14. The third-order valence-corrected chi connectivity index (χ3v) is 5.35. The fraction of sp³-hybridized carbons (Fsp3) is 0.318. The van der Waals surface area contributed by atoms with E-state index in [1.165, 1.54) is 0 Å². The molecular weight excluding hydrogens is 310 g/mol. The van der Waals surface area contributed by atoms with Gasteiger partial charge in [0.05, 0.1) is 18.6 Å². The van der Waals surface area contributed by atoms with Crippen LogP contribution < -0.4 is 5.32 Å². The van der Waals surface area contributed by atoms with Gasteiger partial charge in [0.25, 0.3) is 0 Å². The summed E-state index contributed by atoms with van der Waals surface area (Å²) in [6, 6.07) is 20.2. The number of carbonyl (C=O) groups is 1. The maximum Gasteiger partial charge on any atom is 0.312 e. The van der Waals surface area contributed by atoms with Gasteiger partial charge in [-0.3, -0.25) is 4.79 Å². The standard InChI is InChI=1S/C22H23NO2/c24-22-20(19-14-8-7-11-17(19)15-25-22)21(16-9-3-1-4-10-16)23-18-12-5-2-6-13-18/h1-6,8-10,12-14,17,19-21,23H,7,11,15H2/t17-,19-,20+,21?/m1/s1. The molecule has 3 heteroatoms. The normalized spacial score (nSPS) is 26.4. The molecule has 4 rings (SSSR count). The summed E-state index contributed by atoms with van der Waals surface area (Å²) in [6.07, 6.45) is 6.63. The highest BCUT2D eigenvalue weighted by molar-refractivity contribution is 5.76. The summed E-state index contributed by atoms with van der Waals surface area (Å²) >= 11 is 0. The summed E-state index contributed by atoms with van der Waals surface area (Å²) in [6.45, 7) is 0.553. The van der Waals surface area contributed by atoms with Gasteiger partial charge < -0.3 is 10.1 Å². The number of carbonyl (C=O) groups excluding carboxylic acids is 1. The third-order valence-electron chi connectivity index (χ3n) is 5.35. The average Bonchev–Trinajstić information content (AvgIpc) is 2.68. The van der Waals surface area contributed by atoms with Crippen LogP contribution in [0.3, 0.4) is 0 Å². The van der Waals surface area contributed by atoms with E-state index >= 15 is 0 Å². The lowest BCUT2D eigenvalue weighted by molar-refractivity contribution is -0.161. The molecule has 4 atom stereocenters. The molecule has 1 saturated heterocycles. The van der Waals surface area contributed by atoms with Gasteiger partial charge >= 0.3 is 5.97 Å². The molecule has 0 radical (unpaired) electrons. The molecule has 1 unspecified atom stereocenters. The minimum atomic E-state index is -0.210. The van der Waals surface area contributed by atoms with Crippen molar-refractivity contribution in [3.8, 4) is 0 Å². The highest BCUT2D eigenvalue weighted by atomic mass is 16.5. The fourth-order valence-corrected chi connectivity index (χ4v) is 4.08. The van der Waals surface area contributed by atoms with E-state index in [4.69, 9.17) is 4.74 Å². The first-order valence-electron chi connectivity index (χ1n) is 9.03. The molecule has 0 saturated carbocycles. The van der Waals surface area contributed by atoms with Gasteiger partial charge in [-0.15, -0.1) is 0 Å². The molecule has 0 aromatic heterocycles. The second kappa shape index (κ2) is 7.14. The summed E-state index contributed by atoms with van der Waals surface area (Å²) < 4.78 is 5.59. The van der Waals surface area contributed by atoms with Crippen LogP contribution in [0.5, 0.6) is 0 Å². The fourth-order valence-electron chi connectivity index (χ4n) is 4.08. The Bertz CT molecular complexity index is 741. The number of hydrogen-bond acceptors (Lipinski definition) is 3. The Labute approximate surface area is 148 Å². The number of allylic oxidation sites excluding steroid dienone is 2. The molecule has 0 bridgehead atoms. The van der Waals surface area contributed by atoms with E-state index in [1.54, 1.807) is 0 Å². The summed E-state index contributed by atoms with van der Waals surface area (Å²) in [4.78, 5) is 12.8. The largest absolute Gasteiger partial charge is 0.465 e. The van der Waals surface area contributed by atoms with Crippen LogP contribution in [-0.2, 0) is 9.53 Å². The third kappa shape index (κ3) is 3.32. The molecule has 128 valence electrons. The lowest BCUT2D eigenvalue weighted by atomic mass is 9.71. The number of esters is 1. The zero-order valence-electron chi connectivity index (χ0n) is 14.2. The minimum absolute atomic E-state index is 0.0925. The highest BCUT2D eigenvalue weighted by Crippen LogP contribution is 2.42. The number of rotatable bonds is 4. The summed E-state index contributed by atoms with van der Waals surface area (Å²) in [7, 11) is 0. The number of anilines is 1. The van der Waals surface area contributed by atoms with Crippen molar-refractivity contribution in [2.75, 3.05) is 11.9 Å². The number of fused-ring (bicyclic) bond motifs is 1. The Balaban J connectivity index is 1.72. The van der Waals surface area contributed by atoms with Crippen LogP contribution in [0.4, 0.5) is 5.69 Å².